The Hall–Kier alpha value is -2.01. The van der Waals surface area contributed by atoms with E-state index in [9.17, 15) is 13.6 Å². The summed E-state index contributed by atoms with van der Waals surface area (Å²) in [5.74, 6) is -4.78. The fourth-order valence-electron chi connectivity index (χ4n) is 2.53. The molecule has 3 rings (SSSR count). The number of carbonyl (C=O) groups excluding carboxylic acids is 1. The molecule has 0 aliphatic carbocycles. The zero-order chi connectivity index (χ0) is 15.9. The first kappa shape index (κ1) is 14.9. The Morgan fingerprint density at radius 3 is 2.45 bits per heavy atom. The molecule has 0 saturated heterocycles. The summed E-state index contributed by atoms with van der Waals surface area (Å²) in [4.78, 5) is 13.0. The molecule has 0 bridgehead atoms. The van der Waals surface area contributed by atoms with Crippen LogP contribution in [0, 0.1) is 0 Å². The summed E-state index contributed by atoms with van der Waals surface area (Å²) >= 11 is 3.36. The maximum Gasteiger partial charge on any atom is 0.344 e. The number of amides is 1. The molecule has 0 fully saturated rings. The average Bonchev–Trinajstić information content (AvgIpc) is 2.58. The van der Waals surface area contributed by atoms with Crippen LogP contribution in [0.4, 0.5) is 14.5 Å². The third-order valence-corrected chi connectivity index (χ3v) is 4.10. The van der Waals surface area contributed by atoms with Crippen LogP contribution in [-0.4, -0.2) is 18.9 Å². The topological polar surface area (TPSA) is 20.3 Å². The molecule has 0 N–H and O–H groups in total. The first-order chi connectivity index (χ1) is 10.4. The number of halogens is 3. The van der Waals surface area contributed by atoms with Gasteiger partial charge in [0.1, 0.15) is 0 Å². The van der Waals surface area contributed by atoms with E-state index < -0.39 is 11.8 Å². The van der Waals surface area contributed by atoms with Crippen LogP contribution in [0.1, 0.15) is 11.1 Å². The number of carbonyl (C=O) groups is 1. The Morgan fingerprint density at radius 1 is 1.09 bits per heavy atom. The molecule has 2 aromatic rings. The van der Waals surface area contributed by atoms with Crippen LogP contribution in [0.15, 0.2) is 59.1 Å². The maximum absolute atomic E-state index is 14.2. The fraction of sp³-hybridized carbons (Fsp3) is 0.118. The van der Waals surface area contributed by atoms with Gasteiger partial charge in [0.25, 0.3) is 0 Å². The molecule has 2 aromatic carbocycles. The van der Waals surface area contributed by atoms with Gasteiger partial charge in [0.05, 0.1) is 5.69 Å². The van der Waals surface area contributed by atoms with E-state index in [4.69, 9.17) is 0 Å². The Balaban J connectivity index is 2.32. The summed E-state index contributed by atoms with van der Waals surface area (Å²) in [6.07, 6.45) is 0.749. The third-order valence-electron chi connectivity index (χ3n) is 3.61. The van der Waals surface area contributed by atoms with E-state index >= 15 is 0 Å². The van der Waals surface area contributed by atoms with E-state index in [1.54, 1.807) is 42.5 Å². The van der Waals surface area contributed by atoms with Crippen LogP contribution in [0.3, 0.4) is 0 Å². The van der Waals surface area contributed by atoms with Crippen LogP contribution < -0.4 is 4.90 Å². The molecule has 1 aliphatic heterocycles. The van der Waals surface area contributed by atoms with Crippen molar-refractivity contribution in [2.75, 3.05) is 11.9 Å². The van der Waals surface area contributed by atoms with Crippen molar-refractivity contribution in [3.8, 4) is 0 Å². The molecule has 0 atom stereocenters. The third kappa shape index (κ3) is 2.46. The second-order valence-corrected chi connectivity index (χ2v) is 5.99. The highest BCUT2D eigenvalue weighted by Gasteiger charge is 2.42. The van der Waals surface area contributed by atoms with Gasteiger partial charge in [-0.1, -0.05) is 46.3 Å². The predicted octanol–water partition coefficient (Wildman–Crippen LogP) is 4.49. The van der Waals surface area contributed by atoms with Crippen molar-refractivity contribution in [2.24, 2.45) is 0 Å². The normalized spacial score (nSPS) is 16.8. The first-order valence-electron chi connectivity index (χ1n) is 6.64. The van der Waals surface area contributed by atoms with Crippen molar-refractivity contribution in [3.05, 3.63) is 70.2 Å². The minimum Gasteiger partial charge on any atom is -0.309 e. The molecule has 0 saturated carbocycles. The van der Waals surface area contributed by atoms with Gasteiger partial charge in [-0.3, -0.25) is 4.79 Å². The van der Waals surface area contributed by atoms with Gasteiger partial charge in [-0.15, -0.1) is 0 Å². The fourth-order valence-corrected chi connectivity index (χ4v) is 2.89. The standard InChI is InChI=1S/C17H12BrF2NO/c1-21-15-8-7-12(18)9-13(15)14(10-17(19,20)16(21)22)11-5-3-2-4-6-11/h2-10H,1H3. The van der Waals surface area contributed by atoms with Gasteiger partial charge in [-0.2, -0.15) is 8.78 Å². The highest BCUT2D eigenvalue weighted by molar-refractivity contribution is 9.10. The Labute approximate surface area is 135 Å². The maximum atomic E-state index is 14.2. The summed E-state index contributed by atoms with van der Waals surface area (Å²) in [6, 6.07) is 14.0. The van der Waals surface area contributed by atoms with E-state index in [2.05, 4.69) is 15.9 Å². The zero-order valence-corrected chi connectivity index (χ0v) is 13.3. The number of anilines is 1. The molecule has 112 valence electrons. The summed E-state index contributed by atoms with van der Waals surface area (Å²) in [7, 11) is 1.37. The van der Waals surface area contributed by atoms with E-state index in [0.29, 0.717) is 22.4 Å². The number of hydrogen-bond donors (Lipinski definition) is 0. The minimum absolute atomic E-state index is 0.347. The first-order valence-corrected chi connectivity index (χ1v) is 7.43. The molecule has 1 aliphatic rings. The molecule has 0 unspecified atom stereocenters. The summed E-state index contributed by atoms with van der Waals surface area (Å²) in [6.45, 7) is 0. The lowest BCUT2D eigenvalue weighted by Crippen LogP contribution is -2.39. The van der Waals surface area contributed by atoms with Crippen LogP contribution in [-0.2, 0) is 4.79 Å². The molecule has 22 heavy (non-hydrogen) atoms. The van der Waals surface area contributed by atoms with E-state index in [1.165, 1.54) is 7.05 Å². The summed E-state index contributed by atoms with van der Waals surface area (Å²) in [5, 5.41) is 0. The van der Waals surface area contributed by atoms with E-state index in [1.807, 2.05) is 6.07 Å². The van der Waals surface area contributed by atoms with Crippen molar-refractivity contribution in [1.82, 2.24) is 0 Å². The second-order valence-electron chi connectivity index (χ2n) is 5.07. The van der Waals surface area contributed by atoms with Gasteiger partial charge >= 0.3 is 11.8 Å². The van der Waals surface area contributed by atoms with Crippen LogP contribution in [0.2, 0.25) is 0 Å². The van der Waals surface area contributed by atoms with Crippen LogP contribution >= 0.6 is 15.9 Å². The zero-order valence-electron chi connectivity index (χ0n) is 11.7. The lowest BCUT2D eigenvalue weighted by Gasteiger charge is -2.20. The molecule has 1 heterocycles. The van der Waals surface area contributed by atoms with Crippen molar-refractivity contribution in [1.29, 1.82) is 0 Å². The highest BCUT2D eigenvalue weighted by Crippen LogP contribution is 2.40. The van der Waals surface area contributed by atoms with Gasteiger partial charge in [-0.05, 0) is 29.3 Å². The van der Waals surface area contributed by atoms with E-state index in [-0.39, 0.29) is 0 Å². The average molecular weight is 364 g/mol. The molecule has 0 spiro atoms. The molecule has 5 heteroatoms. The van der Waals surface area contributed by atoms with Crippen molar-refractivity contribution in [2.45, 2.75) is 5.92 Å². The van der Waals surface area contributed by atoms with E-state index in [0.717, 1.165) is 15.4 Å². The predicted molar refractivity (Wildman–Crippen MR) is 86.0 cm³/mol. The smallest absolute Gasteiger partial charge is 0.309 e. The van der Waals surface area contributed by atoms with Gasteiger partial charge in [0.15, 0.2) is 0 Å². The molecule has 0 radical (unpaired) electrons. The number of fused-ring (bicyclic) bond motifs is 1. The number of rotatable bonds is 1. The number of hydrogen-bond acceptors (Lipinski definition) is 1. The molecular weight excluding hydrogens is 352 g/mol. The second kappa shape index (κ2) is 5.32. The molecule has 2 nitrogen and oxygen atoms in total. The quantitative estimate of drug-likeness (QED) is 0.730. The van der Waals surface area contributed by atoms with Crippen molar-refractivity contribution >= 4 is 33.1 Å². The summed E-state index contributed by atoms with van der Waals surface area (Å²) in [5.41, 5.74) is 2.04. The lowest BCUT2D eigenvalue weighted by atomic mass is 9.96. The highest BCUT2D eigenvalue weighted by atomic mass is 79.9. The Kier molecular flexibility index (Phi) is 3.60. The van der Waals surface area contributed by atoms with Gasteiger partial charge < -0.3 is 4.90 Å². The SMILES string of the molecule is CN1C(=O)C(F)(F)C=C(c2ccccc2)c2cc(Br)ccc21. The van der Waals surface area contributed by atoms with Gasteiger partial charge in [0.2, 0.25) is 0 Å². The molecular formula is C17H12BrF2NO. The van der Waals surface area contributed by atoms with Crippen molar-refractivity contribution in [3.63, 3.8) is 0 Å². The molecule has 0 aromatic heterocycles. The number of alkyl halides is 2. The Bertz CT molecular complexity index is 771. The van der Waals surface area contributed by atoms with Crippen molar-refractivity contribution < 1.29 is 13.6 Å². The summed E-state index contributed by atoms with van der Waals surface area (Å²) < 4.78 is 29.2. The van der Waals surface area contributed by atoms with Crippen LogP contribution in [0.25, 0.3) is 5.57 Å². The van der Waals surface area contributed by atoms with Gasteiger partial charge in [0, 0.05) is 23.2 Å². The number of benzene rings is 2. The lowest BCUT2D eigenvalue weighted by molar-refractivity contribution is -0.135. The Morgan fingerprint density at radius 2 is 1.77 bits per heavy atom. The minimum atomic E-state index is -3.55. The number of nitrogens with zero attached hydrogens (tertiary/aromatic N) is 1. The monoisotopic (exact) mass is 363 g/mol. The van der Waals surface area contributed by atoms with Crippen LogP contribution in [0.5, 0.6) is 0 Å². The largest absolute Gasteiger partial charge is 0.344 e. The molecule has 1 amide bonds. The van der Waals surface area contributed by atoms with Gasteiger partial charge in [-0.25, -0.2) is 0 Å².